The molecule has 4 nitrogen and oxygen atoms in total. The normalized spacial score (nSPS) is 14.8. The molecule has 0 aliphatic carbocycles. The summed E-state index contributed by atoms with van der Waals surface area (Å²) in [5.74, 6) is 0.573. The van der Waals surface area contributed by atoms with Crippen molar-refractivity contribution in [2.24, 2.45) is 0 Å². The van der Waals surface area contributed by atoms with Crippen molar-refractivity contribution in [3.05, 3.63) is 53.1 Å². The Balaban J connectivity index is 1.72. The molecule has 2 aromatic carbocycles. The monoisotopic (exact) mass is 445 g/mol. The van der Waals surface area contributed by atoms with Crippen LogP contribution in [0.1, 0.15) is 39.7 Å². The van der Waals surface area contributed by atoms with Crippen molar-refractivity contribution in [3.63, 3.8) is 0 Å². The molecule has 0 saturated carbocycles. The van der Waals surface area contributed by atoms with Crippen LogP contribution in [-0.4, -0.2) is 30.6 Å². The van der Waals surface area contributed by atoms with Crippen LogP contribution in [0.2, 0.25) is 23.2 Å². The predicted molar refractivity (Wildman–Crippen MR) is 127 cm³/mol. The number of oxazole rings is 1. The van der Waals surface area contributed by atoms with Crippen LogP contribution in [0, 0.1) is 0 Å². The fourth-order valence-corrected chi connectivity index (χ4v) is 4.74. The van der Waals surface area contributed by atoms with Crippen LogP contribution in [-0.2, 0) is 10.8 Å². The summed E-state index contributed by atoms with van der Waals surface area (Å²) in [6.07, 6.45) is 0.558. The molecule has 1 N–H and O–H groups in total. The summed E-state index contributed by atoms with van der Waals surface area (Å²) in [6.45, 7) is 13.0. The van der Waals surface area contributed by atoms with Gasteiger partial charge >= 0.3 is 0 Å². The van der Waals surface area contributed by atoms with E-state index in [0.717, 1.165) is 22.2 Å². The van der Waals surface area contributed by atoms with E-state index < -0.39 is 14.4 Å². The van der Waals surface area contributed by atoms with Crippen molar-refractivity contribution in [2.75, 3.05) is 0 Å². The standard InChI is InChI=1S/C24H32ClNO3Si/c1-16(29-30(5,6)24(2,3)4)21(27)15-12-17-8-7-9-20-22(17)28-23(26-20)18-10-13-19(25)14-11-18/h7-11,13-14,16,21,27H,12,15H2,1-6H3/t16-,21-/m0/s1. The minimum atomic E-state index is -1.92. The maximum Gasteiger partial charge on any atom is 0.227 e. The third-order valence-corrected chi connectivity index (χ3v) is 11.0. The van der Waals surface area contributed by atoms with Crippen molar-refractivity contribution in [3.8, 4) is 11.5 Å². The Kier molecular flexibility index (Phi) is 6.77. The average Bonchev–Trinajstić information content (AvgIpc) is 3.10. The lowest BCUT2D eigenvalue weighted by Gasteiger charge is -2.39. The number of hydrogen-bond donors (Lipinski definition) is 1. The zero-order valence-electron chi connectivity index (χ0n) is 18.7. The Bertz CT molecular complexity index is 992. The molecular weight excluding hydrogens is 414 g/mol. The van der Waals surface area contributed by atoms with Crippen molar-refractivity contribution in [1.29, 1.82) is 0 Å². The first-order chi connectivity index (χ1) is 14.0. The van der Waals surface area contributed by atoms with Gasteiger partial charge in [0.15, 0.2) is 13.9 Å². The van der Waals surface area contributed by atoms with Crippen LogP contribution in [0.25, 0.3) is 22.6 Å². The number of aliphatic hydroxyl groups is 1. The van der Waals surface area contributed by atoms with Crippen molar-refractivity contribution >= 4 is 31.0 Å². The number of aryl methyl sites for hydroxylation is 1. The molecule has 0 bridgehead atoms. The van der Waals surface area contributed by atoms with E-state index in [1.54, 1.807) is 0 Å². The molecular formula is C24H32ClNO3Si. The first kappa shape index (κ1) is 23.0. The van der Waals surface area contributed by atoms with Gasteiger partial charge in [-0.15, -0.1) is 0 Å². The molecule has 0 fully saturated rings. The van der Waals surface area contributed by atoms with Gasteiger partial charge in [-0.1, -0.05) is 44.5 Å². The largest absolute Gasteiger partial charge is 0.436 e. The van der Waals surface area contributed by atoms with Gasteiger partial charge < -0.3 is 13.9 Å². The first-order valence-electron chi connectivity index (χ1n) is 10.5. The Labute approximate surface area is 185 Å². The summed E-state index contributed by atoms with van der Waals surface area (Å²) < 4.78 is 12.4. The number of rotatable bonds is 7. The Morgan fingerprint density at radius 1 is 1.13 bits per heavy atom. The Hall–Kier alpha value is -1.66. The van der Waals surface area contributed by atoms with E-state index in [4.69, 9.17) is 20.4 Å². The summed E-state index contributed by atoms with van der Waals surface area (Å²) >= 11 is 5.98. The molecule has 3 rings (SSSR count). The molecule has 30 heavy (non-hydrogen) atoms. The molecule has 0 saturated heterocycles. The van der Waals surface area contributed by atoms with E-state index >= 15 is 0 Å². The molecule has 2 atom stereocenters. The van der Waals surface area contributed by atoms with Gasteiger partial charge in [0.05, 0.1) is 12.2 Å². The van der Waals surface area contributed by atoms with Gasteiger partial charge in [-0.2, -0.15) is 0 Å². The van der Waals surface area contributed by atoms with Crippen LogP contribution < -0.4 is 0 Å². The van der Waals surface area contributed by atoms with Gasteiger partial charge in [0.2, 0.25) is 5.89 Å². The number of hydrogen-bond acceptors (Lipinski definition) is 4. The van der Waals surface area contributed by atoms with Crippen LogP contribution in [0.15, 0.2) is 46.9 Å². The zero-order chi connectivity index (χ0) is 22.1. The molecule has 1 aromatic heterocycles. The maximum absolute atomic E-state index is 10.7. The van der Waals surface area contributed by atoms with Gasteiger partial charge in [0.1, 0.15) is 5.52 Å². The highest BCUT2D eigenvalue weighted by Gasteiger charge is 2.39. The van der Waals surface area contributed by atoms with Crippen molar-refractivity contribution < 1.29 is 13.9 Å². The minimum absolute atomic E-state index is 0.116. The number of fused-ring (bicyclic) bond motifs is 1. The number of nitrogens with zero attached hydrogens (tertiary/aromatic N) is 1. The molecule has 0 spiro atoms. The summed E-state index contributed by atoms with van der Waals surface area (Å²) in [5, 5.41) is 11.5. The van der Waals surface area contributed by atoms with E-state index in [9.17, 15) is 5.11 Å². The molecule has 162 valence electrons. The van der Waals surface area contributed by atoms with Gasteiger partial charge in [-0.05, 0) is 73.8 Å². The molecule has 0 aliphatic heterocycles. The van der Waals surface area contributed by atoms with Gasteiger partial charge in [-0.3, -0.25) is 0 Å². The maximum atomic E-state index is 10.7. The van der Waals surface area contributed by atoms with Crippen LogP contribution in [0.5, 0.6) is 0 Å². The predicted octanol–water partition coefficient (Wildman–Crippen LogP) is 6.85. The second-order valence-corrected chi connectivity index (χ2v) is 14.7. The topological polar surface area (TPSA) is 55.5 Å². The highest BCUT2D eigenvalue weighted by Crippen LogP contribution is 2.38. The van der Waals surface area contributed by atoms with E-state index in [1.807, 2.05) is 49.4 Å². The third kappa shape index (κ3) is 5.14. The zero-order valence-corrected chi connectivity index (χ0v) is 20.5. The number of halogens is 1. The summed E-state index contributed by atoms with van der Waals surface area (Å²) in [5.41, 5.74) is 3.52. The summed E-state index contributed by atoms with van der Waals surface area (Å²) in [7, 11) is -1.92. The van der Waals surface area contributed by atoms with Gasteiger partial charge in [0, 0.05) is 10.6 Å². The number of aromatic nitrogens is 1. The van der Waals surface area contributed by atoms with Crippen LogP contribution >= 0.6 is 11.6 Å². The first-order valence-corrected chi connectivity index (χ1v) is 13.8. The lowest BCUT2D eigenvalue weighted by Crippen LogP contribution is -2.46. The van der Waals surface area contributed by atoms with Crippen molar-refractivity contribution in [2.45, 2.75) is 70.9 Å². The molecule has 0 radical (unpaired) electrons. The second-order valence-electron chi connectivity index (χ2n) is 9.48. The second kappa shape index (κ2) is 8.83. The Morgan fingerprint density at radius 2 is 1.80 bits per heavy atom. The molecule has 0 aliphatic rings. The molecule has 0 unspecified atom stereocenters. The van der Waals surface area contributed by atoms with Gasteiger partial charge in [-0.25, -0.2) is 4.98 Å². The quantitative estimate of drug-likeness (QED) is 0.404. The lowest BCUT2D eigenvalue weighted by atomic mass is 10.0. The van der Waals surface area contributed by atoms with Gasteiger partial charge in [0.25, 0.3) is 0 Å². The average molecular weight is 446 g/mol. The van der Waals surface area contributed by atoms with E-state index in [2.05, 4.69) is 38.8 Å². The highest BCUT2D eigenvalue weighted by atomic mass is 35.5. The molecule has 0 amide bonds. The SMILES string of the molecule is C[C@H](O[Si](C)(C)C(C)(C)C)[C@@H](O)CCc1cccc2nc(-c3ccc(Cl)cc3)oc12. The summed E-state index contributed by atoms with van der Waals surface area (Å²) in [6, 6.07) is 13.4. The molecule has 1 heterocycles. The molecule has 6 heteroatoms. The van der Waals surface area contributed by atoms with E-state index in [-0.39, 0.29) is 11.1 Å². The van der Waals surface area contributed by atoms with Crippen LogP contribution in [0.3, 0.4) is 0 Å². The fourth-order valence-electron chi connectivity index (χ4n) is 3.18. The minimum Gasteiger partial charge on any atom is -0.436 e. The van der Waals surface area contributed by atoms with Crippen molar-refractivity contribution in [1.82, 2.24) is 4.98 Å². The fraction of sp³-hybridized carbons (Fsp3) is 0.458. The summed E-state index contributed by atoms with van der Waals surface area (Å²) in [4.78, 5) is 4.62. The van der Waals surface area contributed by atoms with E-state index in [1.165, 1.54) is 0 Å². The Morgan fingerprint density at radius 3 is 2.43 bits per heavy atom. The number of para-hydroxylation sites is 1. The smallest absolute Gasteiger partial charge is 0.227 e. The van der Waals surface area contributed by atoms with E-state index in [0.29, 0.717) is 23.8 Å². The number of benzene rings is 2. The highest BCUT2D eigenvalue weighted by molar-refractivity contribution is 6.74. The third-order valence-electron chi connectivity index (χ3n) is 6.13. The van der Waals surface area contributed by atoms with Crippen LogP contribution in [0.4, 0.5) is 0 Å². The number of aliphatic hydroxyl groups excluding tert-OH is 1. The molecule has 3 aromatic rings. The lowest BCUT2D eigenvalue weighted by molar-refractivity contribution is 0.0337.